The van der Waals surface area contributed by atoms with Crippen LogP contribution in [0.1, 0.15) is 0 Å². The van der Waals surface area contributed by atoms with E-state index in [2.05, 4.69) is 124 Å². The lowest BCUT2D eigenvalue weighted by molar-refractivity contribution is 0.669. The maximum atomic E-state index is 6.45. The Kier molecular flexibility index (Phi) is 3.44. The molecule has 3 heteroatoms. The van der Waals surface area contributed by atoms with E-state index in [9.17, 15) is 0 Å². The van der Waals surface area contributed by atoms with Gasteiger partial charge in [-0.3, -0.25) is 0 Å². The topological polar surface area (TPSA) is 22.0 Å². The van der Waals surface area contributed by atoms with Gasteiger partial charge in [0.25, 0.3) is 0 Å². The summed E-state index contributed by atoms with van der Waals surface area (Å²) in [5.74, 6) is 0. The molecular weight excluding hydrogens is 476 g/mol. The second kappa shape index (κ2) is 6.77. The molecule has 10 aromatic rings. The van der Waals surface area contributed by atoms with E-state index in [4.69, 9.17) is 4.42 Å². The third kappa shape index (κ3) is 2.31. The van der Waals surface area contributed by atoms with E-state index >= 15 is 0 Å². The Morgan fingerprint density at radius 3 is 1.41 bits per heavy atom. The second-order valence-corrected chi connectivity index (χ2v) is 10.5. The second-order valence-electron chi connectivity index (χ2n) is 10.5. The standard InChI is InChI=1S/C36H20N2O/c1-4-16-29-21(9-1)24-12-7-14-26-27-15-8-13-25-22-10-2-5-17-30(22)38(36(25)27)32-20-34-28(19-31(32)37(29)35(24)26)23-11-3-6-18-33(23)39-34/h1-20H. The summed E-state index contributed by atoms with van der Waals surface area (Å²) in [4.78, 5) is 0. The summed E-state index contributed by atoms with van der Waals surface area (Å²) >= 11 is 0. The van der Waals surface area contributed by atoms with E-state index in [1.54, 1.807) is 0 Å². The fourth-order valence-corrected chi connectivity index (χ4v) is 7.08. The van der Waals surface area contributed by atoms with E-state index in [1.807, 2.05) is 6.07 Å². The number of furan rings is 1. The number of hydrogen-bond donors (Lipinski definition) is 0. The van der Waals surface area contributed by atoms with Crippen molar-refractivity contribution in [2.45, 2.75) is 0 Å². The minimum absolute atomic E-state index is 0.903. The molecule has 0 fully saturated rings. The zero-order valence-electron chi connectivity index (χ0n) is 20.8. The first-order valence-electron chi connectivity index (χ1n) is 13.4. The van der Waals surface area contributed by atoms with E-state index in [0.717, 1.165) is 33.0 Å². The summed E-state index contributed by atoms with van der Waals surface area (Å²) in [7, 11) is 0. The van der Waals surface area contributed by atoms with Crippen LogP contribution in [0.5, 0.6) is 0 Å². The minimum Gasteiger partial charge on any atom is -0.456 e. The number of hydrogen-bond acceptors (Lipinski definition) is 1. The monoisotopic (exact) mass is 496 g/mol. The van der Waals surface area contributed by atoms with Crippen LogP contribution in [0, 0.1) is 0 Å². The quantitative estimate of drug-likeness (QED) is 0.205. The number of nitrogens with zero attached hydrogens (tertiary/aromatic N) is 2. The Morgan fingerprint density at radius 1 is 0.333 bits per heavy atom. The molecule has 0 amide bonds. The van der Waals surface area contributed by atoms with Crippen molar-refractivity contribution in [1.29, 1.82) is 0 Å². The number of aromatic nitrogens is 2. The summed E-state index contributed by atoms with van der Waals surface area (Å²) in [6, 6.07) is 44.0. The van der Waals surface area contributed by atoms with E-state index in [1.165, 1.54) is 54.4 Å². The zero-order valence-corrected chi connectivity index (χ0v) is 20.8. The highest BCUT2D eigenvalue weighted by molar-refractivity contribution is 6.25. The molecule has 0 radical (unpaired) electrons. The Hall–Kier alpha value is -5.28. The van der Waals surface area contributed by atoms with Gasteiger partial charge in [0.15, 0.2) is 0 Å². The molecule has 0 saturated heterocycles. The molecule has 3 nitrogen and oxygen atoms in total. The van der Waals surface area contributed by atoms with Crippen molar-refractivity contribution in [2.75, 3.05) is 0 Å². The van der Waals surface area contributed by atoms with Gasteiger partial charge in [-0.15, -0.1) is 0 Å². The van der Waals surface area contributed by atoms with Gasteiger partial charge in [0, 0.05) is 49.2 Å². The number of rotatable bonds is 0. The van der Waals surface area contributed by atoms with Crippen molar-refractivity contribution in [1.82, 2.24) is 8.80 Å². The fraction of sp³-hybridized carbons (Fsp3) is 0. The van der Waals surface area contributed by atoms with Crippen molar-refractivity contribution >= 4 is 87.4 Å². The molecule has 0 atom stereocenters. The molecule has 0 bridgehead atoms. The first-order valence-corrected chi connectivity index (χ1v) is 13.4. The Balaban J connectivity index is 1.68. The smallest absolute Gasteiger partial charge is 0.137 e. The summed E-state index contributed by atoms with van der Waals surface area (Å²) in [5.41, 5.74) is 8.98. The molecule has 0 aliphatic carbocycles. The normalized spacial score (nSPS) is 12.6. The third-order valence-corrected chi connectivity index (χ3v) is 8.64. The highest BCUT2D eigenvalue weighted by Crippen LogP contribution is 2.42. The zero-order chi connectivity index (χ0) is 25.2. The molecule has 0 aliphatic rings. The summed E-state index contributed by atoms with van der Waals surface area (Å²) < 4.78 is 11.4. The average molecular weight is 497 g/mol. The van der Waals surface area contributed by atoms with Crippen LogP contribution >= 0.6 is 0 Å². The van der Waals surface area contributed by atoms with Crippen molar-refractivity contribution in [3.8, 4) is 0 Å². The number of fused-ring (bicyclic) bond motifs is 13. The molecule has 0 saturated carbocycles. The van der Waals surface area contributed by atoms with Gasteiger partial charge in [0.2, 0.25) is 0 Å². The Labute approximate surface area is 221 Å². The first-order chi connectivity index (χ1) is 19.4. The summed E-state index contributed by atoms with van der Waals surface area (Å²) in [5, 5.41) is 9.83. The van der Waals surface area contributed by atoms with E-state index in [0.29, 0.717) is 0 Å². The fourth-order valence-electron chi connectivity index (χ4n) is 7.08. The van der Waals surface area contributed by atoms with Gasteiger partial charge in [-0.05, 0) is 24.3 Å². The van der Waals surface area contributed by atoms with E-state index in [-0.39, 0.29) is 0 Å². The maximum absolute atomic E-state index is 6.45. The van der Waals surface area contributed by atoms with E-state index < -0.39 is 0 Å². The van der Waals surface area contributed by atoms with Crippen molar-refractivity contribution in [2.24, 2.45) is 0 Å². The van der Waals surface area contributed by atoms with Gasteiger partial charge < -0.3 is 13.2 Å². The molecule has 4 aromatic heterocycles. The van der Waals surface area contributed by atoms with Crippen LogP contribution in [0.15, 0.2) is 126 Å². The van der Waals surface area contributed by atoms with Crippen LogP contribution in [0.4, 0.5) is 0 Å². The Morgan fingerprint density at radius 2 is 0.795 bits per heavy atom. The Bertz CT molecular complexity index is 2660. The molecule has 0 unspecified atom stereocenters. The lowest BCUT2D eigenvalue weighted by Gasteiger charge is -2.11. The molecular formula is C36H20N2O. The van der Waals surface area contributed by atoms with Crippen LogP contribution in [-0.2, 0) is 0 Å². The maximum Gasteiger partial charge on any atom is 0.137 e. The average Bonchev–Trinajstić information content (AvgIpc) is 3.63. The number of benzene rings is 6. The van der Waals surface area contributed by atoms with Gasteiger partial charge in [-0.25, -0.2) is 0 Å². The van der Waals surface area contributed by atoms with Crippen molar-refractivity contribution in [3.05, 3.63) is 121 Å². The highest BCUT2D eigenvalue weighted by atomic mass is 16.3. The van der Waals surface area contributed by atoms with Crippen LogP contribution in [0.3, 0.4) is 0 Å². The van der Waals surface area contributed by atoms with Gasteiger partial charge >= 0.3 is 0 Å². The molecule has 180 valence electrons. The van der Waals surface area contributed by atoms with Gasteiger partial charge in [-0.1, -0.05) is 91.0 Å². The van der Waals surface area contributed by atoms with Gasteiger partial charge in [-0.2, -0.15) is 0 Å². The molecule has 10 rings (SSSR count). The predicted octanol–water partition coefficient (Wildman–Crippen LogP) is 9.86. The minimum atomic E-state index is 0.903. The molecule has 6 aromatic carbocycles. The molecule has 0 spiro atoms. The summed E-state index contributed by atoms with van der Waals surface area (Å²) in [6.45, 7) is 0. The third-order valence-electron chi connectivity index (χ3n) is 8.64. The van der Waals surface area contributed by atoms with Crippen molar-refractivity contribution < 1.29 is 4.42 Å². The lowest BCUT2D eigenvalue weighted by Crippen LogP contribution is -1.94. The van der Waals surface area contributed by atoms with Crippen LogP contribution < -0.4 is 0 Å². The highest BCUT2D eigenvalue weighted by Gasteiger charge is 2.20. The summed E-state index contributed by atoms with van der Waals surface area (Å²) in [6.07, 6.45) is 0. The van der Waals surface area contributed by atoms with Crippen LogP contribution in [-0.4, -0.2) is 8.80 Å². The predicted molar refractivity (Wildman–Crippen MR) is 163 cm³/mol. The van der Waals surface area contributed by atoms with Gasteiger partial charge in [0.05, 0.1) is 33.1 Å². The van der Waals surface area contributed by atoms with Crippen LogP contribution in [0.2, 0.25) is 0 Å². The first kappa shape index (κ1) is 19.8. The molecule has 39 heavy (non-hydrogen) atoms. The largest absolute Gasteiger partial charge is 0.456 e. The molecule has 4 heterocycles. The van der Waals surface area contributed by atoms with Crippen molar-refractivity contribution in [3.63, 3.8) is 0 Å². The van der Waals surface area contributed by atoms with Gasteiger partial charge in [0.1, 0.15) is 11.2 Å². The van der Waals surface area contributed by atoms with Crippen LogP contribution in [0.25, 0.3) is 87.4 Å². The SMILES string of the molecule is c1ccc2c(c1)oc1cc3c(cc12)n1c2ccccc2c2cccc(c4cccc5c6ccccc6n3c54)c21. The lowest BCUT2D eigenvalue weighted by atomic mass is 10.0. The molecule has 0 N–H and O–H groups in total. The number of para-hydroxylation sites is 5. The molecule has 0 aliphatic heterocycles.